The lowest BCUT2D eigenvalue weighted by atomic mass is 10.1. The Labute approximate surface area is 137 Å². The third kappa shape index (κ3) is 4.70. The molecular weight excluding hydrogens is 346 g/mol. The van der Waals surface area contributed by atoms with Gasteiger partial charge in [-0.05, 0) is 36.2 Å². The van der Waals surface area contributed by atoms with Crippen LogP contribution in [0.2, 0.25) is 0 Å². The van der Waals surface area contributed by atoms with Crippen molar-refractivity contribution in [3.63, 3.8) is 0 Å². The molecule has 0 unspecified atom stereocenters. The molecule has 0 spiro atoms. The number of aryl methyl sites for hydroxylation is 1. The molecule has 0 fully saturated rings. The minimum Gasteiger partial charge on any atom is -0.452 e. The number of halogens is 1. The minimum atomic E-state index is -0.490. The number of rotatable bonds is 5. The Bertz CT molecular complexity index is 685. The Hall–Kier alpha value is -2.14. The lowest BCUT2D eigenvalue weighted by Crippen LogP contribution is -2.28. The Morgan fingerprint density at radius 3 is 2.64 bits per heavy atom. The molecule has 0 bridgehead atoms. The fourth-order valence-corrected chi connectivity index (χ4v) is 2.36. The van der Waals surface area contributed by atoms with Crippen LogP contribution in [0, 0.1) is 6.92 Å². The smallest absolute Gasteiger partial charge is 0.338 e. The van der Waals surface area contributed by atoms with Crippen LogP contribution in [0.5, 0.6) is 0 Å². The van der Waals surface area contributed by atoms with E-state index in [1.807, 2.05) is 43.3 Å². The monoisotopic (exact) mass is 361 g/mol. The van der Waals surface area contributed by atoms with Crippen molar-refractivity contribution in [3.8, 4) is 0 Å². The maximum atomic E-state index is 11.9. The second-order valence-corrected chi connectivity index (χ2v) is 5.71. The van der Waals surface area contributed by atoms with Gasteiger partial charge in [0.15, 0.2) is 6.61 Å². The summed E-state index contributed by atoms with van der Waals surface area (Å²) in [5, 5.41) is 2.71. The molecule has 2 rings (SSSR count). The van der Waals surface area contributed by atoms with Gasteiger partial charge in [-0.2, -0.15) is 0 Å². The van der Waals surface area contributed by atoms with E-state index in [4.69, 9.17) is 4.74 Å². The predicted molar refractivity (Wildman–Crippen MR) is 87.5 cm³/mol. The fraction of sp³-hybridized carbons (Fsp3) is 0.176. The van der Waals surface area contributed by atoms with Crippen LogP contribution >= 0.6 is 15.9 Å². The Morgan fingerprint density at radius 1 is 1.14 bits per heavy atom. The number of carbonyl (C=O) groups is 2. The molecule has 2 aromatic carbocycles. The Morgan fingerprint density at radius 2 is 1.91 bits per heavy atom. The van der Waals surface area contributed by atoms with E-state index in [0.717, 1.165) is 15.6 Å². The van der Waals surface area contributed by atoms with Gasteiger partial charge in [-0.25, -0.2) is 4.79 Å². The minimum absolute atomic E-state index is 0.291. The Balaban J connectivity index is 1.81. The SMILES string of the molecule is Cc1ccccc1C(=O)OCC(=O)NCc1cccc(Br)c1. The first-order chi connectivity index (χ1) is 10.6. The van der Waals surface area contributed by atoms with Gasteiger partial charge in [-0.1, -0.05) is 46.3 Å². The first kappa shape index (κ1) is 16.2. The maximum absolute atomic E-state index is 11.9. The number of carbonyl (C=O) groups excluding carboxylic acids is 2. The molecular formula is C17H16BrNO3. The third-order valence-corrected chi connectivity index (χ3v) is 3.57. The molecule has 2 aromatic rings. The van der Waals surface area contributed by atoms with Crippen molar-refractivity contribution >= 4 is 27.8 Å². The first-order valence-electron chi connectivity index (χ1n) is 6.80. The van der Waals surface area contributed by atoms with Crippen molar-refractivity contribution < 1.29 is 14.3 Å². The lowest BCUT2D eigenvalue weighted by Gasteiger charge is -2.08. The van der Waals surface area contributed by atoms with Crippen LogP contribution in [0.1, 0.15) is 21.5 Å². The number of hydrogen-bond acceptors (Lipinski definition) is 3. The zero-order valence-electron chi connectivity index (χ0n) is 12.1. The second-order valence-electron chi connectivity index (χ2n) is 4.80. The summed E-state index contributed by atoms with van der Waals surface area (Å²) >= 11 is 3.37. The van der Waals surface area contributed by atoms with Crippen molar-refractivity contribution in [3.05, 3.63) is 69.7 Å². The molecule has 4 nitrogen and oxygen atoms in total. The number of benzene rings is 2. The molecule has 5 heteroatoms. The summed E-state index contributed by atoms with van der Waals surface area (Å²) in [6.07, 6.45) is 0. The summed E-state index contributed by atoms with van der Waals surface area (Å²) in [5.41, 5.74) is 2.26. The zero-order chi connectivity index (χ0) is 15.9. The van der Waals surface area contributed by atoms with Crippen molar-refractivity contribution in [2.45, 2.75) is 13.5 Å². The number of esters is 1. The van der Waals surface area contributed by atoms with E-state index in [1.54, 1.807) is 12.1 Å². The van der Waals surface area contributed by atoms with Gasteiger partial charge in [0.25, 0.3) is 5.91 Å². The van der Waals surface area contributed by atoms with Gasteiger partial charge >= 0.3 is 5.97 Å². The fourth-order valence-electron chi connectivity index (χ4n) is 1.91. The molecule has 0 aliphatic carbocycles. The van der Waals surface area contributed by atoms with Crippen LogP contribution in [0.3, 0.4) is 0 Å². The lowest BCUT2D eigenvalue weighted by molar-refractivity contribution is -0.124. The van der Waals surface area contributed by atoms with Crippen molar-refractivity contribution in [1.82, 2.24) is 5.32 Å². The molecule has 0 heterocycles. The molecule has 0 aliphatic heterocycles. The number of hydrogen-bond donors (Lipinski definition) is 1. The Kier molecular flexibility index (Phi) is 5.72. The number of ether oxygens (including phenoxy) is 1. The second kappa shape index (κ2) is 7.75. The molecule has 22 heavy (non-hydrogen) atoms. The summed E-state index contributed by atoms with van der Waals surface area (Å²) in [5.74, 6) is -0.822. The van der Waals surface area contributed by atoms with Crippen LogP contribution in [0.4, 0.5) is 0 Å². The molecule has 0 radical (unpaired) electrons. The summed E-state index contributed by atoms with van der Waals surface area (Å²) in [7, 11) is 0. The highest BCUT2D eigenvalue weighted by molar-refractivity contribution is 9.10. The molecule has 0 atom stereocenters. The van der Waals surface area contributed by atoms with Crippen molar-refractivity contribution in [1.29, 1.82) is 0 Å². The summed E-state index contributed by atoms with van der Waals surface area (Å²) in [4.78, 5) is 23.6. The van der Waals surface area contributed by atoms with E-state index in [-0.39, 0.29) is 12.5 Å². The largest absolute Gasteiger partial charge is 0.452 e. The molecule has 0 aromatic heterocycles. The standard InChI is InChI=1S/C17H16BrNO3/c1-12-5-2-3-8-15(12)17(21)22-11-16(20)19-10-13-6-4-7-14(18)9-13/h2-9H,10-11H2,1H3,(H,19,20). The van der Waals surface area contributed by atoms with E-state index in [0.29, 0.717) is 12.1 Å². The third-order valence-electron chi connectivity index (χ3n) is 3.08. The van der Waals surface area contributed by atoms with Gasteiger partial charge in [0.05, 0.1) is 5.56 Å². The van der Waals surface area contributed by atoms with Gasteiger partial charge in [0.1, 0.15) is 0 Å². The topological polar surface area (TPSA) is 55.4 Å². The maximum Gasteiger partial charge on any atom is 0.338 e. The van der Waals surface area contributed by atoms with Crippen LogP contribution in [0.25, 0.3) is 0 Å². The van der Waals surface area contributed by atoms with E-state index >= 15 is 0 Å². The quantitative estimate of drug-likeness (QED) is 0.831. The predicted octanol–water partition coefficient (Wildman–Crippen LogP) is 3.23. The van der Waals surface area contributed by atoms with E-state index in [1.165, 1.54) is 0 Å². The van der Waals surface area contributed by atoms with E-state index in [9.17, 15) is 9.59 Å². The average Bonchev–Trinajstić information content (AvgIpc) is 2.51. The van der Waals surface area contributed by atoms with Gasteiger partial charge in [-0.15, -0.1) is 0 Å². The molecule has 0 saturated heterocycles. The van der Waals surface area contributed by atoms with Gasteiger partial charge < -0.3 is 10.1 Å². The van der Waals surface area contributed by atoms with E-state index in [2.05, 4.69) is 21.2 Å². The number of amides is 1. The molecule has 1 N–H and O–H groups in total. The molecule has 0 aliphatic rings. The van der Waals surface area contributed by atoms with Crippen molar-refractivity contribution in [2.24, 2.45) is 0 Å². The normalized spacial score (nSPS) is 10.1. The molecule has 1 amide bonds. The van der Waals surface area contributed by atoms with Crippen molar-refractivity contribution in [2.75, 3.05) is 6.61 Å². The van der Waals surface area contributed by atoms with Crippen LogP contribution in [0.15, 0.2) is 53.0 Å². The zero-order valence-corrected chi connectivity index (χ0v) is 13.7. The highest BCUT2D eigenvalue weighted by atomic mass is 79.9. The van der Waals surface area contributed by atoms with Crippen LogP contribution in [-0.4, -0.2) is 18.5 Å². The number of nitrogens with one attached hydrogen (secondary N) is 1. The molecule has 0 saturated carbocycles. The average molecular weight is 362 g/mol. The highest BCUT2D eigenvalue weighted by Crippen LogP contribution is 2.11. The summed E-state index contributed by atoms with van der Waals surface area (Å²) in [6.45, 7) is 1.92. The van der Waals surface area contributed by atoms with Crippen LogP contribution in [-0.2, 0) is 16.1 Å². The van der Waals surface area contributed by atoms with Gasteiger partial charge in [-0.3, -0.25) is 4.79 Å². The van der Waals surface area contributed by atoms with E-state index < -0.39 is 5.97 Å². The van der Waals surface area contributed by atoms with Gasteiger partial charge in [0, 0.05) is 11.0 Å². The van der Waals surface area contributed by atoms with Crippen LogP contribution < -0.4 is 5.32 Å². The summed E-state index contributed by atoms with van der Waals surface area (Å²) in [6, 6.07) is 14.7. The highest BCUT2D eigenvalue weighted by Gasteiger charge is 2.11. The first-order valence-corrected chi connectivity index (χ1v) is 7.59. The molecule has 114 valence electrons. The van der Waals surface area contributed by atoms with Gasteiger partial charge in [0.2, 0.25) is 0 Å². The summed E-state index contributed by atoms with van der Waals surface area (Å²) < 4.78 is 5.97.